The lowest BCUT2D eigenvalue weighted by molar-refractivity contribution is -0.117. The minimum Gasteiger partial charge on any atom is -0.497 e. The van der Waals surface area contributed by atoms with E-state index in [2.05, 4.69) is 5.32 Å². The van der Waals surface area contributed by atoms with Crippen molar-refractivity contribution in [3.05, 3.63) is 23.8 Å². The molecule has 1 heterocycles. The standard InChI is InChI=1S/C11H14N2O2/c1-15-7-2-3-8-9(4-5-12)11(14)13-10(8)6-7/h2-3,6,9H,4-5,12H2,1H3,(H,13,14). The van der Waals surface area contributed by atoms with Gasteiger partial charge in [0.05, 0.1) is 13.0 Å². The molecule has 1 aromatic rings. The SMILES string of the molecule is COc1ccc2c(c1)NC(=O)C2CCN. The summed E-state index contributed by atoms with van der Waals surface area (Å²) in [5.41, 5.74) is 7.34. The summed E-state index contributed by atoms with van der Waals surface area (Å²) in [5, 5.41) is 2.83. The molecule has 1 unspecified atom stereocenters. The van der Waals surface area contributed by atoms with Gasteiger partial charge in [0, 0.05) is 11.8 Å². The monoisotopic (exact) mass is 206 g/mol. The minimum absolute atomic E-state index is 0.0312. The van der Waals surface area contributed by atoms with Crippen LogP contribution in [0.2, 0.25) is 0 Å². The third-order valence-corrected chi connectivity index (χ3v) is 2.67. The molecule has 0 spiro atoms. The van der Waals surface area contributed by atoms with E-state index in [4.69, 9.17) is 10.5 Å². The van der Waals surface area contributed by atoms with E-state index in [0.29, 0.717) is 13.0 Å². The highest BCUT2D eigenvalue weighted by Gasteiger charge is 2.29. The number of hydrogen-bond acceptors (Lipinski definition) is 3. The van der Waals surface area contributed by atoms with Crippen molar-refractivity contribution in [2.45, 2.75) is 12.3 Å². The van der Waals surface area contributed by atoms with E-state index in [0.717, 1.165) is 17.0 Å². The number of amides is 1. The number of carbonyl (C=O) groups is 1. The molecule has 15 heavy (non-hydrogen) atoms. The summed E-state index contributed by atoms with van der Waals surface area (Å²) in [6.07, 6.45) is 0.686. The van der Waals surface area contributed by atoms with E-state index in [9.17, 15) is 4.79 Å². The van der Waals surface area contributed by atoms with E-state index >= 15 is 0 Å². The van der Waals surface area contributed by atoms with Gasteiger partial charge in [-0.25, -0.2) is 0 Å². The maximum Gasteiger partial charge on any atom is 0.232 e. The van der Waals surface area contributed by atoms with E-state index in [1.807, 2.05) is 18.2 Å². The fraction of sp³-hybridized carbons (Fsp3) is 0.364. The summed E-state index contributed by atoms with van der Waals surface area (Å²) in [6, 6.07) is 5.62. The van der Waals surface area contributed by atoms with Gasteiger partial charge in [0.1, 0.15) is 5.75 Å². The number of nitrogens with two attached hydrogens (primary N) is 1. The first-order valence-electron chi connectivity index (χ1n) is 4.95. The number of nitrogens with one attached hydrogen (secondary N) is 1. The molecule has 1 aromatic carbocycles. The second-order valence-electron chi connectivity index (χ2n) is 3.57. The lowest BCUT2D eigenvalue weighted by atomic mass is 9.97. The van der Waals surface area contributed by atoms with Crippen LogP contribution in [0.25, 0.3) is 0 Å². The van der Waals surface area contributed by atoms with Crippen LogP contribution in [0.4, 0.5) is 5.69 Å². The van der Waals surface area contributed by atoms with Gasteiger partial charge >= 0.3 is 0 Å². The van der Waals surface area contributed by atoms with Gasteiger partial charge in [-0.05, 0) is 24.6 Å². The molecule has 2 rings (SSSR count). The fourth-order valence-electron chi connectivity index (χ4n) is 1.89. The molecule has 0 saturated carbocycles. The van der Waals surface area contributed by atoms with Crippen LogP contribution in [0.5, 0.6) is 5.75 Å². The van der Waals surface area contributed by atoms with Gasteiger partial charge in [-0.1, -0.05) is 6.07 Å². The Kier molecular flexibility index (Phi) is 2.60. The Hall–Kier alpha value is -1.55. The van der Waals surface area contributed by atoms with E-state index in [-0.39, 0.29) is 11.8 Å². The zero-order valence-corrected chi connectivity index (χ0v) is 8.62. The Bertz CT molecular complexity index is 390. The largest absolute Gasteiger partial charge is 0.497 e. The zero-order valence-electron chi connectivity index (χ0n) is 8.62. The number of hydrogen-bond donors (Lipinski definition) is 2. The minimum atomic E-state index is -0.101. The zero-order chi connectivity index (χ0) is 10.8. The quantitative estimate of drug-likeness (QED) is 0.777. The molecular formula is C11H14N2O2. The number of methoxy groups -OCH3 is 1. The molecule has 3 N–H and O–H groups in total. The Morgan fingerprint density at radius 3 is 3.00 bits per heavy atom. The highest BCUT2D eigenvalue weighted by molar-refractivity contribution is 6.03. The molecule has 0 aromatic heterocycles. The summed E-state index contributed by atoms with van der Waals surface area (Å²) in [5.74, 6) is 0.682. The van der Waals surface area contributed by atoms with Crippen LogP contribution in [-0.4, -0.2) is 19.6 Å². The number of fused-ring (bicyclic) bond motifs is 1. The predicted molar refractivity (Wildman–Crippen MR) is 58.0 cm³/mol. The molecule has 1 atom stereocenters. The molecule has 0 radical (unpaired) electrons. The van der Waals surface area contributed by atoms with Crippen LogP contribution < -0.4 is 15.8 Å². The molecule has 1 aliphatic heterocycles. The van der Waals surface area contributed by atoms with Gasteiger partial charge in [-0.15, -0.1) is 0 Å². The molecule has 1 amide bonds. The fourth-order valence-corrected chi connectivity index (χ4v) is 1.89. The first-order valence-corrected chi connectivity index (χ1v) is 4.95. The molecule has 4 nitrogen and oxygen atoms in total. The summed E-state index contributed by atoms with van der Waals surface area (Å²) in [4.78, 5) is 11.6. The number of rotatable bonds is 3. The smallest absolute Gasteiger partial charge is 0.232 e. The van der Waals surface area contributed by atoms with Crippen molar-refractivity contribution in [3.8, 4) is 5.75 Å². The first-order chi connectivity index (χ1) is 7.26. The molecule has 1 aliphatic rings. The average molecular weight is 206 g/mol. The van der Waals surface area contributed by atoms with E-state index < -0.39 is 0 Å². The van der Waals surface area contributed by atoms with Crippen molar-refractivity contribution >= 4 is 11.6 Å². The van der Waals surface area contributed by atoms with Crippen molar-refractivity contribution in [3.63, 3.8) is 0 Å². The number of carbonyl (C=O) groups excluding carboxylic acids is 1. The van der Waals surface area contributed by atoms with E-state index in [1.54, 1.807) is 7.11 Å². The Morgan fingerprint density at radius 1 is 1.53 bits per heavy atom. The number of anilines is 1. The van der Waals surface area contributed by atoms with Gasteiger partial charge in [0.15, 0.2) is 0 Å². The Morgan fingerprint density at radius 2 is 2.33 bits per heavy atom. The second kappa shape index (κ2) is 3.90. The van der Waals surface area contributed by atoms with Crippen molar-refractivity contribution in [1.29, 1.82) is 0 Å². The molecule has 80 valence electrons. The summed E-state index contributed by atoms with van der Waals surface area (Å²) in [7, 11) is 1.61. The average Bonchev–Trinajstić information content (AvgIpc) is 2.55. The molecule has 4 heteroatoms. The van der Waals surface area contributed by atoms with Crippen LogP contribution in [-0.2, 0) is 4.79 Å². The molecular weight excluding hydrogens is 192 g/mol. The van der Waals surface area contributed by atoms with Crippen LogP contribution in [0.15, 0.2) is 18.2 Å². The number of ether oxygens (including phenoxy) is 1. The summed E-state index contributed by atoms with van der Waals surface area (Å²) >= 11 is 0. The molecule has 0 saturated heterocycles. The Labute approximate surface area is 88.4 Å². The van der Waals surface area contributed by atoms with Crippen molar-refractivity contribution in [2.75, 3.05) is 19.0 Å². The van der Waals surface area contributed by atoms with Gasteiger partial charge in [0.2, 0.25) is 5.91 Å². The van der Waals surface area contributed by atoms with Crippen LogP contribution >= 0.6 is 0 Å². The van der Waals surface area contributed by atoms with Gasteiger partial charge < -0.3 is 15.8 Å². The first kappa shape index (κ1) is 9.98. The summed E-state index contributed by atoms with van der Waals surface area (Å²) in [6.45, 7) is 0.517. The normalized spacial score (nSPS) is 18.5. The van der Waals surface area contributed by atoms with Crippen LogP contribution in [0.3, 0.4) is 0 Å². The van der Waals surface area contributed by atoms with Gasteiger partial charge in [-0.2, -0.15) is 0 Å². The highest BCUT2D eigenvalue weighted by atomic mass is 16.5. The second-order valence-corrected chi connectivity index (χ2v) is 3.57. The van der Waals surface area contributed by atoms with Gasteiger partial charge in [0.25, 0.3) is 0 Å². The summed E-state index contributed by atoms with van der Waals surface area (Å²) < 4.78 is 5.09. The number of benzene rings is 1. The van der Waals surface area contributed by atoms with Crippen LogP contribution in [0.1, 0.15) is 17.9 Å². The van der Waals surface area contributed by atoms with E-state index in [1.165, 1.54) is 0 Å². The van der Waals surface area contributed by atoms with Crippen molar-refractivity contribution in [2.24, 2.45) is 5.73 Å². The maximum absolute atomic E-state index is 11.6. The topological polar surface area (TPSA) is 64.3 Å². The third kappa shape index (κ3) is 1.68. The lowest BCUT2D eigenvalue weighted by Crippen LogP contribution is -2.15. The lowest BCUT2D eigenvalue weighted by Gasteiger charge is -2.06. The molecule has 0 bridgehead atoms. The molecule has 0 fully saturated rings. The molecule has 0 aliphatic carbocycles. The Balaban J connectivity index is 2.34. The predicted octanol–water partition coefficient (Wildman–Crippen LogP) is 1.08. The highest BCUT2D eigenvalue weighted by Crippen LogP contribution is 2.36. The third-order valence-electron chi connectivity index (χ3n) is 2.67. The van der Waals surface area contributed by atoms with Crippen LogP contribution in [0, 0.1) is 0 Å². The van der Waals surface area contributed by atoms with Crippen molar-refractivity contribution < 1.29 is 9.53 Å². The van der Waals surface area contributed by atoms with Crippen molar-refractivity contribution in [1.82, 2.24) is 0 Å². The maximum atomic E-state index is 11.6. The van der Waals surface area contributed by atoms with Gasteiger partial charge in [-0.3, -0.25) is 4.79 Å².